The summed E-state index contributed by atoms with van der Waals surface area (Å²) in [4.78, 5) is 4.25. The summed E-state index contributed by atoms with van der Waals surface area (Å²) in [6, 6.07) is 12.6. The van der Waals surface area contributed by atoms with Gasteiger partial charge in [-0.1, -0.05) is 18.2 Å². The molecule has 2 heterocycles. The van der Waals surface area contributed by atoms with Crippen LogP contribution in [0, 0.1) is 17.2 Å². The van der Waals surface area contributed by atoms with E-state index in [1.807, 2.05) is 36.7 Å². The molecule has 102 valence electrons. The summed E-state index contributed by atoms with van der Waals surface area (Å²) in [5, 5.41) is 12.8. The minimum Gasteiger partial charge on any atom is -0.378 e. The molecule has 3 unspecified atom stereocenters. The molecule has 0 radical (unpaired) electrons. The average molecular weight is 273 g/mol. The number of aromatic nitrogens is 1. The fraction of sp³-hybridized carbons (Fsp3) is 0.222. The second kappa shape index (κ2) is 4.75. The molecule has 0 bridgehead atoms. The maximum absolute atomic E-state index is 9.11. The number of pyridine rings is 1. The zero-order valence-electron chi connectivity index (χ0n) is 11.5. The van der Waals surface area contributed by atoms with Crippen molar-refractivity contribution in [3.8, 4) is 6.07 Å². The Bertz CT molecular complexity index is 743. The van der Waals surface area contributed by atoms with Crippen LogP contribution in [0.15, 0.2) is 54.9 Å². The smallest absolute Gasteiger partial charge is 0.0991 e. The SMILES string of the molecule is N#Cc1ccc2c(c1)C1C=CCC1C(c1cccnc1)N2. The number of rotatable bonds is 1. The molecule has 1 N–H and O–H groups in total. The molecule has 21 heavy (non-hydrogen) atoms. The lowest BCUT2D eigenvalue weighted by Crippen LogP contribution is -2.29. The zero-order valence-corrected chi connectivity index (χ0v) is 11.5. The normalized spacial score (nSPS) is 25.6. The average Bonchev–Trinajstić information content (AvgIpc) is 3.04. The molecule has 1 aliphatic carbocycles. The van der Waals surface area contributed by atoms with E-state index in [2.05, 4.69) is 34.6 Å². The lowest BCUT2D eigenvalue weighted by molar-refractivity contribution is 0.425. The van der Waals surface area contributed by atoms with E-state index in [9.17, 15) is 0 Å². The van der Waals surface area contributed by atoms with Crippen molar-refractivity contribution in [3.05, 3.63) is 71.6 Å². The van der Waals surface area contributed by atoms with Gasteiger partial charge in [-0.15, -0.1) is 0 Å². The Balaban J connectivity index is 1.80. The Morgan fingerprint density at radius 1 is 1.29 bits per heavy atom. The summed E-state index contributed by atoms with van der Waals surface area (Å²) in [6.45, 7) is 0. The van der Waals surface area contributed by atoms with Gasteiger partial charge in [-0.25, -0.2) is 0 Å². The molecule has 0 spiro atoms. The Hall–Kier alpha value is -2.60. The van der Waals surface area contributed by atoms with Crippen molar-refractivity contribution >= 4 is 5.69 Å². The highest BCUT2D eigenvalue weighted by atomic mass is 15.0. The molecule has 1 aliphatic heterocycles. The summed E-state index contributed by atoms with van der Waals surface area (Å²) in [6.07, 6.45) is 9.36. The van der Waals surface area contributed by atoms with Crippen molar-refractivity contribution in [1.82, 2.24) is 4.98 Å². The molecule has 2 aliphatic rings. The van der Waals surface area contributed by atoms with Crippen molar-refractivity contribution < 1.29 is 0 Å². The molecule has 3 atom stereocenters. The van der Waals surface area contributed by atoms with Crippen LogP contribution >= 0.6 is 0 Å². The Labute approximate surface area is 124 Å². The summed E-state index contributed by atoms with van der Waals surface area (Å²) in [7, 11) is 0. The van der Waals surface area contributed by atoms with E-state index in [0.29, 0.717) is 11.8 Å². The van der Waals surface area contributed by atoms with Crippen molar-refractivity contribution in [2.45, 2.75) is 18.4 Å². The van der Waals surface area contributed by atoms with Crippen LogP contribution in [0.2, 0.25) is 0 Å². The predicted octanol–water partition coefficient (Wildman–Crippen LogP) is 3.78. The first kappa shape index (κ1) is 12.2. The fourth-order valence-electron chi connectivity index (χ4n) is 3.55. The van der Waals surface area contributed by atoms with Crippen molar-refractivity contribution in [2.75, 3.05) is 5.32 Å². The van der Waals surface area contributed by atoms with Crippen LogP contribution in [0.1, 0.15) is 35.1 Å². The van der Waals surface area contributed by atoms with Gasteiger partial charge in [0, 0.05) is 24.0 Å². The molecule has 1 aromatic carbocycles. The van der Waals surface area contributed by atoms with E-state index in [0.717, 1.165) is 17.7 Å². The first-order valence-electron chi connectivity index (χ1n) is 7.24. The molecular weight excluding hydrogens is 258 g/mol. The summed E-state index contributed by atoms with van der Waals surface area (Å²) >= 11 is 0. The van der Waals surface area contributed by atoms with Gasteiger partial charge < -0.3 is 5.32 Å². The van der Waals surface area contributed by atoms with Gasteiger partial charge in [0.25, 0.3) is 0 Å². The van der Waals surface area contributed by atoms with Gasteiger partial charge in [-0.3, -0.25) is 4.98 Å². The van der Waals surface area contributed by atoms with Crippen molar-refractivity contribution in [3.63, 3.8) is 0 Å². The Morgan fingerprint density at radius 3 is 3.05 bits per heavy atom. The number of nitriles is 1. The maximum atomic E-state index is 9.11. The third-order valence-corrected chi connectivity index (χ3v) is 4.54. The van der Waals surface area contributed by atoms with Gasteiger partial charge in [0.2, 0.25) is 0 Å². The van der Waals surface area contributed by atoms with E-state index in [4.69, 9.17) is 5.26 Å². The first-order valence-corrected chi connectivity index (χ1v) is 7.24. The molecule has 4 rings (SSSR count). The van der Waals surface area contributed by atoms with Gasteiger partial charge in [0.1, 0.15) is 0 Å². The van der Waals surface area contributed by atoms with E-state index >= 15 is 0 Å². The maximum Gasteiger partial charge on any atom is 0.0991 e. The number of anilines is 1. The molecular formula is C18H15N3. The Morgan fingerprint density at radius 2 is 2.24 bits per heavy atom. The zero-order chi connectivity index (χ0) is 14.2. The van der Waals surface area contributed by atoms with Crippen molar-refractivity contribution in [1.29, 1.82) is 5.26 Å². The number of benzene rings is 1. The van der Waals surface area contributed by atoms with Crippen LogP contribution in [0.3, 0.4) is 0 Å². The standard InChI is InChI=1S/C18H15N3/c19-10-12-6-7-17-16(9-12)14-4-1-5-15(14)18(21-17)13-3-2-8-20-11-13/h1-4,6-9,11,14-15,18,21H,5H2. The quantitative estimate of drug-likeness (QED) is 0.804. The lowest BCUT2D eigenvalue weighted by atomic mass is 9.77. The van der Waals surface area contributed by atoms with Crippen LogP contribution in [-0.4, -0.2) is 4.98 Å². The predicted molar refractivity (Wildman–Crippen MR) is 81.7 cm³/mol. The largest absolute Gasteiger partial charge is 0.378 e. The molecule has 0 fully saturated rings. The fourth-order valence-corrected chi connectivity index (χ4v) is 3.55. The molecule has 1 aromatic heterocycles. The summed E-state index contributed by atoms with van der Waals surface area (Å²) < 4.78 is 0. The second-order valence-electron chi connectivity index (χ2n) is 5.68. The number of nitrogens with zero attached hydrogens (tertiary/aromatic N) is 2. The van der Waals surface area contributed by atoms with Gasteiger partial charge >= 0.3 is 0 Å². The van der Waals surface area contributed by atoms with Gasteiger partial charge in [0.15, 0.2) is 0 Å². The second-order valence-corrected chi connectivity index (χ2v) is 5.68. The van der Waals surface area contributed by atoms with Gasteiger partial charge in [0.05, 0.1) is 17.7 Å². The summed E-state index contributed by atoms with van der Waals surface area (Å²) in [5.41, 5.74) is 4.34. The van der Waals surface area contributed by atoms with Crippen LogP contribution in [0.5, 0.6) is 0 Å². The minimum atomic E-state index is 0.277. The van der Waals surface area contributed by atoms with Crippen LogP contribution in [0.25, 0.3) is 0 Å². The topological polar surface area (TPSA) is 48.7 Å². The third-order valence-electron chi connectivity index (χ3n) is 4.54. The van der Waals surface area contributed by atoms with E-state index in [-0.39, 0.29) is 6.04 Å². The van der Waals surface area contributed by atoms with Crippen molar-refractivity contribution in [2.24, 2.45) is 5.92 Å². The number of nitrogens with one attached hydrogen (secondary N) is 1. The van der Waals surface area contributed by atoms with Crippen LogP contribution in [-0.2, 0) is 0 Å². The molecule has 2 aromatic rings. The van der Waals surface area contributed by atoms with E-state index < -0.39 is 0 Å². The number of hydrogen-bond acceptors (Lipinski definition) is 3. The van der Waals surface area contributed by atoms with Crippen LogP contribution < -0.4 is 5.32 Å². The minimum absolute atomic E-state index is 0.277. The lowest BCUT2D eigenvalue weighted by Gasteiger charge is -2.37. The van der Waals surface area contributed by atoms with Crippen LogP contribution in [0.4, 0.5) is 5.69 Å². The third kappa shape index (κ3) is 1.92. The summed E-state index contributed by atoms with van der Waals surface area (Å²) in [5.74, 6) is 0.885. The molecule has 0 amide bonds. The van der Waals surface area contributed by atoms with Gasteiger partial charge in [-0.2, -0.15) is 5.26 Å². The highest BCUT2D eigenvalue weighted by Crippen LogP contribution is 2.49. The Kier molecular flexibility index (Phi) is 2.75. The first-order chi connectivity index (χ1) is 10.4. The monoisotopic (exact) mass is 273 g/mol. The van der Waals surface area contributed by atoms with E-state index in [1.165, 1.54) is 11.1 Å². The van der Waals surface area contributed by atoms with E-state index in [1.54, 1.807) is 0 Å². The number of hydrogen-bond donors (Lipinski definition) is 1. The molecule has 3 heteroatoms. The molecule has 0 saturated heterocycles. The molecule has 0 saturated carbocycles. The van der Waals surface area contributed by atoms with Gasteiger partial charge in [-0.05, 0) is 47.7 Å². The molecule has 3 nitrogen and oxygen atoms in total. The highest BCUT2D eigenvalue weighted by Gasteiger charge is 2.37. The number of fused-ring (bicyclic) bond motifs is 3. The number of allylic oxidation sites excluding steroid dienone is 2. The highest BCUT2D eigenvalue weighted by molar-refractivity contribution is 5.61.